The first-order valence-electron chi connectivity index (χ1n) is 8.19. The number of furan rings is 1. The van der Waals surface area contributed by atoms with Crippen LogP contribution >= 0.6 is 11.6 Å². The SMILES string of the molecule is CC(C)c1c(C(=O)NCC(=O)O)oc2cc(-c3ccc(Cl)cc3)ccc12. The fraction of sp³-hybridized carbons (Fsp3) is 0.200. The summed E-state index contributed by atoms with van der Waals surface area (Å²) in [5.74, 6) is -1.43. The zero-order chi connectivity index (χ0) is 18.8. The van der Waals surface area contributed by atoms with E-state index in [1.807, 2.05) is 56.3 Å². The third kappa shape index (κ3) is 3.58. The Balaban J connectivity index is 2.06. The van der Waals surface area contributed by atoms with Gasteiger partial charge in [-0.05, 0) is 35.2 Å². The zero-order valence-corrected chi connectivity index (χ0v) is 15.1. The minimum Gasteiger partial charge on any atom is -0.480 e. The largest absolute Gasteiger partial charge is 0.480 e. The van der Waals surface area contributed by atoms with Gasteiger partial charge >= 0.3 is 5.97 Å². The van der Waals surface area contributed by atoms with Gasteiger partial charge in [0, 0.05) is 16.0 Å². The first-order valence-corrected chi connectivity index (χ1v) is 8.57. The Morgan fingerprint density at radius 1 is 1.12 bits per heavy atom. The van der Waals surface area contributed by atoms with Gasteiger partial charge in [0.2, 0.25) is 0 Å². The van der Waals surface area contributed by atoms with Crippen LogP contribution in [0.25, 0.3) is 22.1 Å². The molecule has 0 bridgehead atoms. The van der Waals surface area contributed by atoms with Crippen LogP contribution in [-0.2, 0) is 4.79 Å². The lowest BCUT2D eigenvalue weighted by molar-refractivity contribution is -0.135. The van der Waals surface area contributed by atoms with E-state index in [0.29, 0.717) is 10.6 Å². The van der Waals surface area contributed by atoms with E-state index >= 15 is 0 Å². The molecule has 1 heterocycles. The van der Waals surface area contributed by atoms with Crippen LogP contribution in [0.4, 0.5) is 0 Å². The number of fused-ring (bicyclic) bond motifs is 1. The van der Waals surface area contributed by atoms with E-state index in [0.717, 1.165) is 22.1 Å². The number of carboxylic acids is 1. The molecule has 0 fully saturated rings. The summed E-state index contributed by atoms with van der Waals surface area (Å²) in [5.41, 5.74) is 3.28. The minimum atomic E-state index is -1.11. The average molecular weight is 372 g/mol. The zero-order valence-electron chi connectivity index (χ0n) is 14.4. The van der Waals surface area contributed by atoms with Gasteiger partial charge in [-0.3, -0.25) is 9.59 Å². The molecule has 0 spiro atoms. The van der Waals surface area contributed by atoms with Crippen molar-refractivity contribution in [2.45, 2.75) is 19.8 Å². The van der Waals surface area contributed by atoms with Gasteiger partial charge in [-0.2, -0.15) is 0 Å². The molecule has 0 radical (unpaired) electrons. The predicted molar refractivity (Wildman–Crippen MR) is 101 cm³/mol. The van der Waals surface area contributed by atoms with E-state index in [1.54, 1.807) is 0 Å². The van der Waals surface area contributed by atoms with Crippen molar-refractivity contribution >= 4 is 34.4 Å². The van der Waals surface area contributed by atoms with E-state index < -0.39 is 18.4 Å². The predicted octanol–water partition coefficient (Wildman–Crippen LogP) is 4.69. The maximum absolute atomic E-state index is 12.4. The van der Waals surface area contributed by atoms with Crippen LogP contribution < -0.4 is 5.32 Å². The molecular formula is C20H18ClNO4. The second-order valence-corrected chi connectivity index (χ2v) is 6.73. The van der Waals surface area contributed by atoms with E-state index in [2.05, 4.69) is 5.32 Å². The highest BCUT2D eigenvalue weighted by Crippen LogP contribution is 2.34. The number of amides is 1. The van der Waals surface area contributed by atoms with Crippen molar-refractivity contribution in [2.24, 2.45) is 0 Å². The molecule has 134 valence electrons. The Hall–Kier alpha value is -2.79. The maximum atomic E-state index is 12.4. The lowest BCUT2D eigenvalue weighted by atomic mass is 9.97. The number of hydrogen-bond acceptors (Lipinski definition) is 3. The van der Waals surface area contributed by atoms with Crippen LogP contribution in [-0.4, -0.2) is 23.5 Å². The number of aliphatic carboxylic acids is 1. The number of carbonyl (C=O) groups is 2. The van der Waals surface area contributed by atoms with Crippen molar-refractivity contribution in [3.63, 3.8) is 0 Å². The van der Waals surface area contributed by atoms with E-state index in [-0.39, 0.29) is 11.7 Å². The topological polar surface area (TPSA) is 79.5 Å². The minimum absolute atomic E-state index is 0.0446. The van der Waals surface area contributed by atoms with Crippen molar-refractivity contribution in [2.75, 3.05) is 6.54 Å². The van der Waals surface area contributed by atoms with Crippen molar-refractivity contribution in [3.8, 4) is 11.1 Å². The highest BCUT2D eigenvalue weighted by Gasteiger charge is 2.23. The molecule has 1 amide bonds. The Bertz CT molecular complexity index is 973. The third-order valence-electron chi connectivity index (χ3n) is 4.09. The molecule has 0 saturated carbocycles. The number of rotatable bonds is 5. The lowest BCUT2D eigenvalue weighted by Gasteiger charge is -2.06. The monoisotopic (exact) mass is 371 g/mol. The van der Waals surface area contributed by atoms with Crippen LogP contribution in [0.2, 0.25) is 5.02 Å². The van der Waals surface area contributed by atoms with Crippen LogP contribution in [0.1, 0.15) is 35.9 Å². The molecule has 0 aliphatic rings. The molecule has 0 unspecified atom stereocenters. The van der Waals surface area contributed by atoms with Crippen LogP contribution in [0, 0.1) is 0 Å². The first kappa shape index (κ1) is 18.0. The quantitative estimate of drug-likeness (QED) is 0.681. The normalized spacial score (nSPS) is 11.1. The number of halogens is 1. The second-order valence-electron chi connectivity index (χ2n) is 6.29. The average Bonchev–Trinajstić information content (AvgIpc) is 2.99. The summed E-state index contributed by atoms with van der Waals surface area (Å²) in [7, 11) is 0. The number of nitrogens with one attached hydrogen (secondary N) is 1. The van der Waals surface area contributed by atoms with E-state index in [1.165, 1.54) is 0 Å². The highest BCUT2D eigenvalue weighted by molar-refractivity contribution is 6.30. The molecule has 3 rings (SSSR count). The molecule has 0 saturated heterocycles. The number of carboxylic acid groups (broad SMARTS) is 1. The smallest absolute Gasteiger partial charge is 0.322 e. The van der Waals surface area contributed by atoms with E-state index in [4.69, 9.17) is 21.1 Å². The number of carbonyl (C=O) groups excluding carboxylic acids is 1. The van der Waals surface area contributed by atoms with Crippen molar-refractivity contribution in [1.29, 1.82) is 0 Å². The molecule has 0 aliphatic heterocycles. The molecule has 5 nitrogen and oxygen atoms in total. The van der Waals surface area contributed by atoms with E-state index in [9.17, 15) is 9.59 Å². The summed E-state index contributed by atoms with van der Waals surface area (Å²) < 4.78 is 5.81. The molecule has 0 aliphatic carbocycles. The lowest BCUT2D eigenvalue weighted by Crippen LogP contribution is -2.29. The van der Waals surface area contributed by atoms with Gasteiger partial charge in [0.1, 0.15) is 12.1 Å². The van der Waals surface area contributed by atoms with Crippen molar-refractivity contribution in [1.82, 2.24) is 5.32 Å². The summed E-state index contributed by atoms with van der Waals surface area (Å²) in [6, 6.07) is 13.2. The molecular weight excluding hydrogens is 354 g/mol. The molecule has 26 heavy (non-hydrogen) atoms. The van der Waals surface area contributed by atoms with Gasteiger partial charge < -0.3 is 14.8 Å². The molecule has 1 aromatic heterocycles. The summed E-state index contributed by atoms with van der Waals surface area (Å²) in [5, 5.41) is 12.6. The van der Waals surface area contributed by atoms with Crippen molar-refractivity contribution in [3.05, 3.63) is 58.8 Å². The Kier molecular flexibility index (Phi) is 5.00. The van der Waals surface area contributed by atoms with Gasteiger partial charge in [-0.25, -0.2) is 0 Å². The molecule has 6 heteroatoms. The van der Waals surface area contributed by atoms with Gasteiger partial charge in [-0.15, -0.1) is 0 Å². The second kappa shape index (κ2) is 7.22. The van der Waals surface area contributed by atoms with Crippen LogP contribution in [0.3, 0.4) is 0 Å². The number of benzene rings is 2. The van der Waals surface area contributed by atoms with Crippen LogP contribution in [0.5, 0.6) is 0 Å². The van der Waals surface area contributed by atoms with Gasteiger partial charge in [-0.1, -0.05) is 49.7 Å². The van der Waals surface area contributed by atoms with Gasteiger partial charge in [0.05, 0.1) is 0 Å². The number of hydrogen-bond donors (Lipinski definition) is 2. The summed E-state index contributed by atoms with van der Waals surface area (Å²) in [4.78, 5) is 23.1. The highest BCUT2D eigenvalue weighted by atomic mass is 35.5. The Morgan fingerprint density at radius 3 is 2.38 bits per heavy atom. The van der Waals surface area contributed by atoms with Gasteiger partial charge in [0.15, 0.2) is 5.76 Å². The fourth-order valence-electron chi connectivity index (χ4n) is 2.92. The van der Waals surface area contributed by atoms with Crippen LogP contribution in [0.15, 0.2) is 46.9 Å². The third-order valence-corrected chi connectivity index (χ3v) is 4.34. The standard InChI is InChI=1S/C20H18ClNO4/c1-11(2)18-15-8-5-13(12-3-6-14(21)7-4-12)9-16(15)26-19(18)20(25)22-10-17(23)24/h3-9,11H,10H2,1-2H3,(H,22,25)(H,23,24). The molecule has 2 aromatic carbocycles. The summed E-state index contributed by atoms with van der Waals surface area (Å²) >= 11 is 5.94. The summed E-state index contributed by atoms with van der Waals surface area (Å²) in [6.07, 6.45) is 0. The maximum Gasteiger partial charge on any atom is 0.322 e. The Morgan fingerprint density at radius 2 is 1.77 bits per heavy atom. The molecule has 0 atom stereocenters. The fourth-order valence-corrected chi connectivity index (χ4v) is 3.04. The Labute approximate surface area is 155 Å². The van der Waals surface area contributed by atoms with Crippen molar-refractivity contribution < 1.29 is 19.1 Å². The first-order chi connectivity index (χ1) is 12.4. The molecule has 3 aromatic rings. The van der Waals surface area contributed by atoms with Gasteiger partial charge in [0.25, 0.3) is 5.91 Å². The molecule has 2 N–H and O–H groups in total. The summed E-state index contributed by atoms with van der Waals surface area (Å²) in [6.45, 7) is 3.47.